The fourth-order valence-electron chi connectivity index (χ4n) is 1.24. The average molecular weight is 327 g/mol. The Hall–Kier alpha value is -0.830. The number of hydrogen-bond donors (Lipinski definition) is 1. The number of alkyl halides is 1. The summed E-state index contributed by atoms with van der Waals surface area (Å²) < 4.78 is 49.9. The van der Waals surface area contributed by atoms with Crippen LogP contribution in [0.5, 0.6) is 0 Å². The van der Waals surface area contributed by atoms with Crippen molar-refractivity contribution in [3.05, 3.63) is 24.3 Å². The first kappa shape index (κ1) is 16.2. The fourth-order valence-corrected chi connectivity index (χ4v) is 3.55. The third-order valence-electron chi connectivity index (χ3n) is 2.25. The normalized spacial score (nSPS) is 12.6. The highest BCUT2D eigenvalue weighted by molar-refractivity contribution is 7.92. The lowest BCUT2D eigenvalue weighted by Gasteiger charge is -2.12. The third-order valence-corrected chi connectivity index (χ3v) is 5.78. The van der Waals surface area contributed by atoms with Gasteiger partial charge in [0.2, 0.25) is 20.0 Å². The number of nitrogens with one attached hydrogen (secondary N) is 1. The molecule has 0 heterocycles. The molecule has 108 valence electrons. The van der Waals surface area contributed by atoms with Gasteiger partial charge in [-0.25, -0.2) is 21.1 Å². The molecule has 0 aliphatic heterocycles. The van der Waals surface area contributed by atoms with Crippen LogP contribution in [0.15, 0.2) is 29.2 Å². The second kappa shape index (κ2) is 6.08. The predicted octanol–water partition coefficient (Wildman–Crippen LogP) is 0.917. The molecule has 0 saturated carbocycles. The summed E-state index contributed by atoms with van der Waals surface area (Å²) in [5.74, 6) is -0.214. The van der Waals surface area contributed by atoms with Crippen LogP contribution in [0.25, 0.3) is 0 Å². The van der Waals surface area contributed by atoms with E-state index in [0.29, 0.717) is 5.69 Å². The lowest BCUT2D eigenvalue weighted by atomic mass is 10.3. The number of hydrogen-bond acceptors (Lipinski definition) is 4. The van der Waals surface area contributed by atoms with Gasteiger partial charge in [0.25, 0.3) is 0 Å². The molecule has 1 aromatic carbocycles. The zero-order valence-electron chi connectivity index (χ0n) is 10.5. The standard InChI is InChI=1S/C10H15ClN2O4S2/c1-13(2)19(16,17)10-5-3-9(4-6-10)12-18(14,15)8-7-11/h3-6,12H,7-8H2,1-2H3. The van der Waals surface area contributed by atoms with Crippen molar-refractivity contribution >= 4 is 37.3 Å². The molecule has 0 bridgehead atoms. The van der Waals surface area contributed by atoms with Crippen LogP contribution < -0.4 is 4.72 Å². The molecule has 1 aromatic rings. The number of rotatable bonds is 6. The lowest BCUT2D eigenvalue weighted by Crippen LogP contribution is -2.22. The highest BCUT2D eigenvalue weighted by Gasteiger charge is 2.17. The number of anilines is 1. The van der Waals surface area contributed by atoms with Crippen molar-refractivity contribution in [2.45, 2.75) is 4.90 Å². The Morgan fingerprint density at radius 1 is 1.11 bits per heavy atom. The van der Waals surface area contributed by atoms with Crippen LogP contribution in [0.1, 0.15) is 0 Å². The summed E-state index contributed by atoms with van der Waals surface area (Å²) in [6, 6.07) is 5.46. The molecule has 0 spiro atoms. The highest BCUT2D eigenvalue weighted by atomic mass is 35.5. The molecule has 0 radical (unpaired) electrons. The molecule has 0 aliphatic rings. The van der Waals surface area contributed by atoms with Crippen LogP contribution in [0.4, 0.5) is 5.69 Å². The fraction of sp³-hybridized carbons (Fsp3) is 0.400. The molecule has 0 aliphatic carbocycles. The van der Waals surface area contributed by atoms with E-state index < -0.39 is 20.0 Å². The van der Waals surface area contributed by atoms with Crippen molar-refractivity contribution in [2.24, 2.45) is 0 Å². The molecular formula is C10H15ClN2O4S2. The van der Waals surface area contributed by atoms with Gasteiger partial charge in [0.05, 0.1) is 10.6 Å². The van der Waals surface area contributed by atoms with Crippen LogP contribution in [0.2, 0.25) is 0 Å². The van der Waals surface area contributed by atoms with Gasteiger partial charge in [0.15, 0.2) is 0 Å². The molecule has 0 unspecified atom stereocenters. The quantitative estimate of drug-likeness (QED) is 0.788. The van der Waals surface area contributed by atoms with Gasteiger partial charge in [-0.2, -0.15) is 0 Å². The lowest BCUT2D eigenvalue weighted by molar-refractivity contribution is 0.521. The maximum absolute atomic E-state index is 11.8. The van der Waals surface area contributed by atoms with Gasteiger partial charge in [-0.1, -0.05) is 0 Å². The minimum Gasteiger partial charge on any atom is -0.284 e. The largest absolute Gasteiger partial charge is 0.284 e. The summed E-state index contributed by atoms with van der Waals surface area (Å²) in [5, 5.41) is 0. The number of nitrogens with zero attached hydrogens (tertiary/aromatic N) is 1. The van der Waals surface area contributed by atoms with Gasteiger partial charge >= 0.3 is 0 Å². The van der Waals surface area contributed by atoms with E-state index in [1.54, 1.807) is 0 Å². The minimum absolute atomic E-state index is 0.0115. The van der Waals surface area contributed by atoms with Gasteiger partial charge in [-0.15, -0.1) is 11.6 Å². The van der Waals surface area contributed by atoms with Gasteiger partial charge in [0.1, 0.15) is 0 Å². The smallest absolute Gasteiger partial charge is 0.242 e. The summed E-state index contributed by atoms with van der Waals surface area (Å²) in [4.78, 5) is 0.0952. The second-order valence-electron chi connectivity index (χ2n) is 3.92. The summed E-state index contributed by atoms with van der Waals surface area (Å²) in [7, 11) is -4.16. The van der Waals surface area contributed by atoms with E-state index in [9.17, 15) is 16.8 Å². The van der Waals surface area contributed by atoms with Crippen LogP contribution in [0, 0.1) is 0 Å². The van der Waals surface area contributed by atoms with Crippen molar-refractivity contribution in [3.8, 4) is 0 Å². The molecule has 1 N–H and O–H groups in total. The number of benzene rings is 1. The van der Waals surface area contributed by atoms with Crippen LogP contribution in [0.3, 0.4) is 0 Å². The molecule has 0 saturated heterocycles. The predicted molar refractivity (Wildman–Crippen MR) is 75.4 cm³/mol. The van der Waals surface area contributed by atoms with Gasteiger partial charge in [0, 0.05) is 25.7 Å². The monoisotopic (exact) mass is 326 g/mol. The highest BCUT2D eigenvalue weighted by Crippen LogP contribution is 2.17. The van der Waals surface area contributed by atoms with E-state index in [-0.39, 0.29) is 16.5 Å². The topological polar surface area (TPSA) is 83.6 Å². The van der Waals surface area contributed by atoms with Crippen molar-refractivity contribution in [2.75, 3.05) is 30.5 Å². The number of halogens is 1. The summed E-state index contributed by atoms with van der Waals surface area (Å²) in [6.45, 7) is 0. The van der Waals surface area contributed by atoms with E-state index >= 15 is 0 Å². The van der Waals surface area contributed by atoms with Gasteiger partial charge in [-0.05, 0) is 24.3 Å². The van der Waals surface area contributed by atoms with E-state index in [1.807, 2.05) is 0 Å². The molecule has 1 rings (SSSR count). The number of sulfonamides is 2. The van der Waals surface area contributed by atoms with E-state index in [4.69, 9.17) is 11.6 Å². The van der Waals surface area contributed by atoms with E-state index in [0.717, 1.165) is 4.31 Å². The zero-order valence-corrected chi connectivity index (χ0v) is 12.9. The molecule has 9 heteroatoms. The molecule has 0 amide bonds. The van der Waals surface area contributed by atoms with E-state index in [1.165, 1.54) is 38.4 Å². The molecular weight excluding hydrogens is 312 g/mol. The maximum Gasteiger partial charge on any atom is 0.242 e. The Balaban J connectivity index is 2.96. The molecule has 0 atom stereocenters. The van der Waals surface area contributed by atoms with Crippen molar-refractivity contribution in [1.82, 2.24) is 4.31 Å². The Kier molecular flexibility index (Phi) is 5.19. The summed E-state index contributed by atoms with van der Waals surface area (Å²) in [5.41, 5.74) is 0.294. The summed E-state index contributed by atoms with van der Waals surface area (Å²) in [6.07, 6.45) is 0. The first-order valence-electron chi connectivity index (χ1n) is 5.28. The first-order valence-corrected chi connectivity index (χ1v) is 8.91. The Morgan fingerprint density at radius 3 is 2.05 bits per heavy atom. The minimum atomic E-state index is -3.51. The molecule has 0 fully saturated rings. The Labute approximate surface area is 118 Å². The molecule has 6 nitrogen and oxygen atoms in total. The third kappa shape index (κ3) is 4.34. The van der Waals surface area contributed by atoms with Gasteiger partial charge < -0.3 is 0 Å². The van der Waals surface area contributed by atoms with E-state index in [2.05, 4.69) is 4.72 Å². The maximum atomic E-state index is 11.8. The average Bonchev–Trinajstić information content (AvgIpc) is 2.28. The molecule has 19 heavy (non-hydrogen) atoms. The first-order chi connectivity index (χ1) is 8.69. The Bertz CT molecular complexity index is 624. The Morgan fingerprint density at radius 2 is 1.63 bits per heavy atom. The zero-order chi connectivity index (χ0) is 14.7. The van der Waals surface area contributed by atoms with Crippen LogP contribution >= 0.6 is 11.6 Å². The van der Waals surface area contributed by atoms with Gasteiger partial charge in [-0.3, -0.25) is 4.72 Å². The van der Waals surface area contributed by atoms with Crippen molar-refractivity contribution in [1.29, 1.82) is 0 Å². The SMILES string of the molecule is CN(C)S(=O)(=O)c1ccc(NS(=O)(=O)CCCl)cc1. The second-order valence-corrected chi connectivity index (χ2v) is 8.29. The van der Waals surface area contributed by atoms with Crippen LogP contribution in [-0.4, -0.2) is 46.9 Å². The van der Waals surface area contributed by atoms with Crippen molar-refractivity contribution in [3.63, 3.8) is 0 Å². The van der Waals surface area contributed by atoms with Crippen molar-refractivity contribution < 1.29 is 16.8 Å². The summed E-state index contributed by atoms with van der Waals surface area (Å²) >= 11 is 5.37. The van der Waals surface area contributed by atoms with Crippen LogP contribution in [-0.2, 0) is 20.0 Å². The molecule has 0 aromatic heterocycles.